The Kier molecular flexibility index (Phi) is 3.69. The third kappa shape index (κ3) is 2.32. The van der Waals surface area contributed by atoms with Gasteiger partial charge in [0.1, 0.15) is 0 Å². The van der Waals surface area contributed by atoms with E-state index in [0.29, 0.717) is 18.3 Å². The molecule has 0 radical (unpaired) electrons. The molecule has 16 heavy (non-hydrogen) atoms. The molecule has 1 aliphatic heterocycles. The average Bonchev–Trinajstić information content (AvgIpc) is 2.75. The molecule has 88 valence electrons. The van der Waals surface area contributed by atoms with Gasteiger partial charge in [0, 0.05) is 17.4 Å². The summed E-state index contributed by atoms with van der Waals surface area (Å²) >= 11 is 1.27. The summed E-state index contributed by atoms with van der Waals surface area (Å²) in [5.41, 5.74) is 0.780. The number of nitrogens with zero attached hydrogens (tertiary/aromatic N) is 1. The lowest BCUT2D eigenvalue weighted by Crippen LogP contribution is -2.41. The van der Waals surface area contributed by atoms with Gasteiger partial charge < -0.3 is 4.90 Å². The average molecular weight is 239 g/mol. The first-order valence-electron chi connectivity index (χ1n) is 5.84. The van der Waals surface area contributed by atoms with Crippen LogP contribution < -0.4 is 0 Å². The van der Waals surface area contributed by atoms with E-state index < -0.39 is 0 Å². The smallest absolute Gasteiger partial charge is 0.250 e. The molecule has 3 nitrogen and oxygen atoms in total. The standard InChI is InChI=1S/C12H17NO2S/c1-2-9-8-16-11(14)7-13(12(9)15)10-5-3-4-6-10/h2,10H,3-8H2,1H3. The van der Waals surface area contributed by atoms with Crippen molar-refractivity contribution in [2.24, 2.45) is 0 Å². The molecule has 1 saturated carbocycles. The highest BCUT2D eigenvalue weighted by atomic mass is 32.2. The first-order valence-corrected chi connectivity index (χ1v) is 6.82. The molecule has 1 aliphatic carbocycles. The molecule has 0 bridgehead atoms. The Bertz CT molecular complexity index is 332. The van der Waals surface area contributed by atoms with Crippen LogP contribution in [0.1, 0.15) is 32.6 Å². The fourth-order valence-corrected chi connectivity index (χ4v) is 3.22. The number of hydrogen-bond acceptors (Lipinski definition) is 3. The molecule has 2 fully saturated rings. The second-order valence-electron chi connectivity index (χ2n) is 4.35. The number of thioether (sulfide) groups is 1. The van der Waals surface area contributed by atoms with Gasteiger partial charge in [-0.15, -0.1) is 0 Å². The van der Waals surface area contributed by atoms with Crippen LogP contribution in [0.25, 0.3) is 0 Å². The van der Waals surface area contributed by atoms with Crippen LogP contribution in [0.4, 0.5) is 0 Å². The van der Waals surface area contributed by atoms with Crippen LogP contribution in [-0.2, 0) is 9.59 Å². The van der Waals surface area contributed by atoms with E-state index in [0.717, 1.165) is 18.4 Å². The lowest BCUT2D eigenvalue weighted by molar-refractivity contribution is -0.131. The Morgan fingerprint density at radius 2 is 2.00 bits per heavy atom. The van der Waals surface area contributed by atoms with Crippen LogP contribution in [0.2, 0.25) is 0 Å². The predicted octanol–water partition coefficient (Wildman–Crippen LogP) is 1.98. The van der Waals surface area contributed by atoms with Gasteiger partial charge >= 0.3 is 0 Å². The quantitative estimate of drug-likeness (QED) is 0.657. The number of hydrogen-bond donors (Lipinski definition) is 0. The fourth-order valence-electron chi connectivity index (χ4n) is 2.38. The molecule has 1 amide bonds. The molecule has 0 aromatic heterocycles. The van der Waals surface area contributed by atoms with Crippen molar-refractivity contribution in [3.05, 3.63) is 11.6 Å². The largest absolute Gasteiger partial charge is 0.328 e. The zero-order chi connectivity index (χ0) is 11.5. The molecule has 2 aliphatic rings. The van der Waals surface area contributed by atoms with Gasteiger partial charge in [0.15, 0.2) is 0 Å². The Hall–Kier alpha value is -0.770. The second-order valence-corrected chi connectivity index (χ2v) is 5.38. The Labute approximate surface area is 100 Å². The van der Waals surface area contributed by atoms with Crippen LogP contribution >= 0.6 is 11.8 Å². The lowest BCUT2D eigenvalue weighted by atomic mass is 10.1. The molecule has 0 atom stereocenters. The first-order chi connectivity index (χ1) is 7.72. The predicted molar refractivity (Wildman–Crippen MR) is 65.2 cm³/mol. The number of allylic oxidation sites excluding steroid dienone is 1. The molecular formula is C12H17NO2S. The van der Waals surface area contributed by atoms with E-state index in [2.05, 4.69) is 0 Å². The minimum absolute atomic E-state index is 0.0766. The van der Waals surface area contributed by atoms with Crippen LogP contribution in [0, 0.1) is 0 Å². The monoisotopic (exact) mass is 239 g/mol. The van der Waals surface area contributed by atoms with Crippen LogP contribution in [0.3, 0.4) is 0 Å². The summed E-state index contributed by atoms with van der Waals surface area (Å²) in [6, 6.07) is 0.296. The van der Waals surface area contributed by atoms with Crippen molar-refractivity contribution in [1.82, 2.24) is 4.90 Å². The summed E-state index contributed by atoms with van der Waals surface area (Å²) in [6.07, 6.45) is 6.32. The topological polar surface area (TPSA) is 37.4 Å². The molecule has 2 rings (SSSR count). The van der Waals surface area contributed by atoms with Gasteiger partial charge in [-0.25, -0.2) is 0 Å². The van der Waals surface area contributed by atoms with E-state index in [9.17, 15) is 9.59 Å². The molecule has 1 saturated heterocycles. The maximum absolute atomic E-state index is 12.2. The third-order valence-corrected chi connectivity index (χ3v) is 4.24. The van der Waals surface area contributed by atoms with Crippen molar-refractivity contribution in [1.29, 1.82) is 0 Å². The minimum Gasteiger partial charge on any atom is -0.328 e. The van der Waals surface area contributed by atoms with Gasteiger partial charge in [-0.1, -0.05) is 30.7 Å². The van der Waals surface area contributed by atoms with E-state index in [1.807, 2.05) is 13.0 Å². The highest BCUT2D eigenvalue weighted by Gasteiger charge is 2.32. The van der Waals surface area contributed by atoms with E-state index >= 15 is 0 Å². The molecule has 0 unspecified atom stereocenters. The van der Waals surface area contributed by atoms with Gasteiger partial charge in [0.05, 0.1) is 6.54 Å². The number of amides is 1. The minimum atomic E-state index is 0.0766. The lowest BCUT2D eigenvalue weighted by Gasteiger charge is -2.26. The van der Waals surface area contributed by atoms with Gasteiger partial charge in [-0.05, 0) is 19.8 Å². The van der Waals surface area contributed by atoms with Crippen molar-refractivity contribution < 1.29 is 9.59 Å². The summed E-state index contributed by atoms with van der Waals surface area (Å²) in [7, 11) is 0. The third-order valence-electron chi connectivity index (χ3n) is 3.34. The van der Waals surface area contributed by atoms with Crippen LogP contribution in [0.5, 0.6) is 0 Å². The highest BCUT2D eigenvalue weighted by Crippen LogP contribution is 2.27. The Morgan fingerprint density at radius 1 is 1.31 bits per heavy atom. The molecule has 1 heterocycles. The van der Waals surface area contributed by atoms with E-state index in [1.165, 1.54) is 24.6 Å². The number of carbonyl (C=O) groups excluding carboxylic acids is 2. The zero-order valence-electron chi connectivity index (χ0n) is 9.57. The van der Waals surface area contributed by atoms with Crippen LogP contribution in [-0.4, -0.2) is 34.3 Å². The fraction of sp³-hybridized carbons (Fsp3) is 0.667. The summed E-state index contributed by atoms with van der Waals surface area (Å²) < 4.78 is 0. The normalized spacial score (nSPS) is 26.6. The molecule has 0 aromatic carbocycles. The van der Waals surface area contributed by atoms with Crippen molar-refractivity contribution in [3.63, 3.8) is 0 Å². The molecule has 0 aromatic rings. The van der Waals surface area contributed by atoms with Gasteiger partial charge in [-0.2, -0.15) is 0 Å². The Morgan fingerprint density at radius 3 is 2.62 bits per heavy atom. The Balaban J connectivity index is 2.19. The molecular weight excluding hydrogens is 222 g/mol. The maximum atomic E-state index is 12.2. The molecule has 0 spiro atoms. The van der Waals surface area contributed by atoms with Crippen molar-refractivity contribution in [3.8, 4) is 0 Å². The van der Waals surface area contributed by atoms with E-state index in [4.69, 9.17) is 0 Å². The van der Waals surface area contributed by atoms with Crippen LogP contribution in [0.15, 0.2) is 11.6 Å². The second kappa shape index (κ2) is 5.04. The van der Waals surface area contributed by atoms with Gasteiger partial charge in [0.25, 0.3) is 5.91 Å². The molecule has 4 heteroatoms. The molecule has 0 N–H and O–H groups in total. The SMILES string of the molecule is CC=C1CSC(=O)CN(C2CCCC2)C1=O. The first kappa shape index (κ1) is 11.7. The van der Waals surface area contributed by atoms with E-state index in [1.54, 1.807) is 4.90 Å². The highest BCUT2D eigenvalue weighted by molar-refractivity contribution is 8.13. The summed E-state index contributed by atoms with van der Waals surface area (Å²) in [5, 5.41) is 0.122. The van der Waals surface area contributed by atoms with Crippen molar-refractivity contribution in [2.75, 3.05) is 12.3 Å². The number of carbonyl (C=O) groups is 2. The zero-order valence-corrected chi connectivity index (χ0v) is 10.4. The number of rotatable bonds is 1. The van der Waals surface area contributed by atoms with E-state index in [-0.39, 0.29) is 11.0 Å². The maximum Gasteiger partial charge on any atom is 0.250 e. The summed E-state index contributed by atoms with van der Waals surface area (Å²) in [4.78, 5) is 25.6. The van der Waals surface area contributed by atoms with Gasteiger partial charge in [0.2, 0.25) is 5.12 Å². The summed E-state index contributed by atoms with van der Waals surface area (Å²) in [6.45, 7) is 2.17. The van der Waals surface area contributed by atoms with Gasteiger partial charge in [-0.3, -0.25) is 9.59 Å². The van der Waals surface area contributed by atoms with Crippen molar-refractivity contribution in [2.45, 2.75) is 38.6 Å². The van der Waals surface area contributed by atoms with Crippen molar-refractivity contribution >= 4 is 22.8 Å². The summed E-state index contributed by atoms with van der Waals surface area (Å²) in [5.74, 6) is 0.616.